The number of hydrogen-bond acceptors (Lipinski definition) is 4. The zero-order valence-corrected chi connectivity index (χ0v) is 19.7. The van der Waals surface area contributed by atoms with Gasteiger partial charge in [-0.15, -0.1) is 34.2 Å². The van der Waals surface area contributed by atoms with E-state index in [2.05, 4.69) is 63.0 Å². The molecule has 30 heavy (non-hydrogen) atoms. The van der Waals surface area contributed by atoms with Gasteiger partial charge >= 0.3 is 0 Å². The summed E-state index contributed by atoms with van der Waals surface area (Å²) in [6.45, 7) is 6.64. The van der Waals surface area contributed by atoms with Crippen LogP contribution in [0.25, 0.3) is 5.65 Å². The van der Waals surface area contributed by atoms with Gasteiger partial charge < -0.3 is 10.6 Å². The molecule has 0 amide bonds. The molecule has 4 rings (SSSR count). The molecule has 1 aliphatic heterocycles. The summed E-state index contributed by atoms with van der Waals surface area (Å²) in [5.74, 6) is 1.69. The van der Waals surface area contributed by atoms with Crippen LogP contribution in [-0.4, -0.2) is 51.1 Å². The predicted molar refractivity (Wildman–Crippen MR) is 131 cm³/mol. The fourth-order valence-electron chi connectivity index (χ4n) is 3.74. The third-order valence-electron chi connectivity index (χ3n) is 5.28. The number of nitrogens with zero attached hydrogens (tertiary/aromatic N) is 5. The first-order valence-electron chi connectivity index (χ1n) is 10.4. The van der Waals surface area contributed by atoms with E-state index in [1.54, 1.807) is 0 Å². The largest absolute Gasteiger partial charge is 0.357 e. The SMILES string of the molecule is CCNC(=NCc1nnc2ccccn12)NC1CCN(Cc2ccccc2)CC1.I. The Morgan fingerprint density at radius 2 is 1.83 bits per heavy atom. The molecule has 2 aromatic heterocycles. The van der Waals surface area contributed by atoms with Crippen LogP contribution in [0.2, 0.25) is 0 Å². The molecule has 0 aliphatic carbocycles. The molecule has 8 heteroatoms. The van der Waals surface area contributed by atoms with Gasteiger partial charge in [-0.25, -0.2) is 4.99 Å². The Kier molecular flexibility index (Phi) is 8.44. The second kappa shape index (κ2) is 11.3. The number of nitrogens with one attached hydrogen (secondary N) is 2. The molecule has 2 N–H and O–H groups in total. The molecular formula is C22H30IN7. The molecule has 1 aromatic carbocycles. The lowest BCUT2D eigenvalue weighted by molar-refractivity contribution is 0.198. The molecule has 0 radical (unpaired) electrons. The van der Waals surface area contributed by atoms with Crippen LogP contribution in [0.1, 0.15) is 31.2 Å². The fraction of sp³-hybridized carbons (Fsp3) is 0.409. The van der Waals surface area contributed by atoms with Crippen molar-refractivity contribution in [3.05, 3.63) is 66.1 Å². The summed E-state index contributed by atoms with van der Waals surface area (Å²) in [5.41, 5.74) is 2.23. The number of aliphatic imine (C=N–C) groups is 1. The smallest absolute Gasteiger partial charge is 0.191 e. The third kappa shape index (κ3) is 5.91. The van der Waals surface area contributed by atoms with Crippen LogP contribution < -0.4 is 10.6 Å². The van der Waals surface area contributed by atoms with Gasteiger partial charge in [-0.1, -0.05) is 36.4 Å². The summed E-state index contributed by atoms with van der Waals surface area (Å²) in [6, 6.07) is 17.0. The van der Waals surface area contributed by atoms with E-state index in [4.69, 9.17) is 4.99 Å². The van der Waals surface area contributed by atoms with Crippen LogP contribution in [-0.2, 0) is 13.1 Å². The Balaban J connectivity index is 0.00000256. The Bertz CT molecular complexity index is 933. The molecule has 0 bridgehead atoms. The van der Waals surface area contributed by atoms with Crippen molar-refractivity contribution in [2.45, 2.75) is 38.9 Å². The number of likely N-dealkylation sites (tertiary alicyclic amines) is 1. The number of pyridine rings is 1. The van der Waals surface area contributed by atoms with Crippen LogP contribution >= 0.6 is 24.0 Å². The average Bonchev–Trinajstić information content (AvgIpc) is 3.17. The van der Waals surface area contributed by atoms with Gasteiger partial charge in [0.25, 0.3) is 0 Å². The number of benzene rings is 1. The van der Waals surface area contributed by atoms with E-state index in [9.17, 15) is 0 Å². The molecule has 1 saturated heterocycles. The third-order valence-corrected chi connectivity index (χ3v) is 5.28. The summed E-state index contributed by atoms with van der Waals surface area (Å²) < 4.78 is 1.98. The molecule has 160 valence electrons. The lowest BCUT2D eigenvalue weighted by atomic mass is 10.0. The molecule has 3 aromatic rings. The first-order chi connectivity index (χ1) is 14.3. The van der Waals surface area contributed by atoms with Crippen molar-refractivity contribution >= 4 is 35.6 Å². The van der Waals surface area contributed by atoms with Crippen LogP contribution in [0.3, 0.4) is 0 Å². The van der Waals surface area contributed by atoms with E-state index in [1.807, 2.05) is 28.8 Å². The zero-order valence-electron chi connectivity index (χ0n) is 17.4. The van der Waals surface area contributed by atoms with Crippen molar-refractivity contribution < 1.29 is 0 Å². The van der Waals surface area contributed by atoms with Gasteiger partial charge in [-0.3, -0.25) is 9.30 Å². The fourth-order valence-corrected chi connectivity index (χ4v) is 3.74. The number of rotatable bonds is 6. The van der Waals surface area contributed by atoms with E-state index < -0.39 is 0 Å². The summed E-state index contributed by atoms with van der Waals surface area (Å²) in [7, 11) is 0. The molecule has 1 fully saturated rings. The highest BCUT2D eigenvalue weighted by atomic mass is 127. The lowest BCUT2D eigenvalue weighted by Gasteiger charge is -2.33. The topological polar surface area (TPSA) is 69.8 Å². The van der Waals surface area contributed by atoms with Crippen molar-refractivity contribution in [2.24, 2.45) is 4.99 Å². The van der Waals surface area contributed by atoms with Gasteiger partial charge in [0.1, 0.15) is 6.54 Å². The number of piperidine rings is 1. The Morgan fingerprint density at radius 1 is 1.07 bits per heavy atom. The molecule has 0 saturated carbocycles. The van der Waals surface area contributed by atoms with Crippen LogP contribution in [0.15, 0.2) is 59.7 Å². The molecular weight excluding hydrogens is 489 g/mol. The Hall–Kier alpha value is -2.20. The molecule has 3 heterocycles. The van der Waals surface area contributed by atoms with Crippen molar-refractivity contribution in [2.75, 3.05) is 19.6 Å². The van der Waals surface area contributed by atoms with Crippen LogP contribution in [0, 0.1) is 0 Å². The first-order valence-corrected chi connectivity index (χ1v) is 10.4. The van der Waals surface area contributed by atoms with Crippen LogP contribution in [0.5, 0.6) is 0 Å². The minimum atomic E-state index is 0. The number of fused-ring (bicyclic) bond motifs is 1. The highest BCUT2D eigenvalue weighted by molar-refractivity contribution is 14.0. The summed E-state index contributed by atoms with van der Waals surface area (Å²) in [5, 5.41) is 15.4. The van der Waals surface area contributed by atoms with Crippen molar-refractivity contribution in [1.82, 2.24) is 30.1 Å². The van der Waals surface area contributed by atoms with Crippen LogP contribution in [0.4, 0.5) is 0 Å². The second-order valence-corrected chi connectivity index (χ2v) is 7.42. The van der Waals surface area contributed by atoms with Gasteiger partial charge in [0.2, 0.25) is 0 Å². The number of hydrogen-bond donors (Lipinski definition) is 2. The normalized spacial score (nSPS) is 15.7. The van der Waals surface area contributed by atoms with Gasteiger partial charge in [0.15, 0.2) is 17.4 Å². The van der Waals surface area contributed by atoms with E-state index >= 15 is 0 Å². The first kappa shape index (κ1) is 22.5. The molecule has 0 atom stereocenters. The molecule has 7 nitrogen and oxygen atoms in total. The van der Waals surface area contributed by atoms with Crippen molar-refractivity contribution in [1.29, 1.82) is 0 Å². The highest BCUT2D eigenvalue weighted by Crippen LogP contribution is 2.14. The Morgan fingerprint density at radius 3 is 2.60 bits per heavy atom. The summed E-state index contributed by atoms with van der Waals surface area (Å²) in [4.78, 5) is 7.27. The summed E-state index contributed by atoms with van der Waals surface area (Å²) in [6.07, 6.45) is 4.21. The molecule has 0 unspecified atom stereocenters. The number of halogens is 1. The number of guanidine groups is 1. The maximum Gasteiger partial charge on any atom is 0.191 e. The van der Waals surface area contributed by atoms with Gasteiger partial charge in [0.05, 0.1) is 0 Å². The van der Waals surface area contributed by atoms with Crippen molar-refractivity contribution in [3.8, 4) is 0 Å². The quantitative estimate of drug-likeness (QED) is 0.298. The van der Waals surface area contributed by atoms with E-state index in [-0.39, 0.29) is 24.0 Å². The Labute approximate surface area is 195 Å². The van der Waals surface area contributed by atoms with Gasteiger partial charge in [-0.2, -0.15) is 0 Å². The minimum absolute atomic E-state index is 0. The van der Waals surface area contributed by atoms with E-state index in [0.29, 0.717) is 12.6 Å². The standard InChI is InChI=1S/C22H29N7.HI/c1-2-23-22(24-16-21-27-26-20-10-6-7-13-29(20)21)25-19-11-14-28(15-12-19)17-18-8-4-3-5-9-18;/h3-10,13,19H,2,11-12,14-17H2,1H3,(H2,23,24,25);1H. The van der Waals surface area contributed by atoms with Gasteiger partial charge in [0, 0.05) is 38.4 Å². The summed E-state index contributed by atoms with van der Waals surface area (Å²) >= 11 is 0. The highest BCUT2D eigenvalue weighted by Gasteiger charge is 2.20. The maximum absolute atomic E-state index is 4.74. The van der Waals surface area contributed by atoms with E-state index in [1.165, 1.54) is 5.56 Å². The van der Waals surface area contributed by atoms with E-state index in [0.717, 1.165) is 56.5 Å². The molecule has 0 spiro atoms. The average molecular weight is 519 g/mol. The monoisotopic (exact) mass is 519 g/mol. The maximum atomic E-state index is 4.74. The lowest BCUT2D eigenvalue weighted by Crippen LogP contribution is -2.48. The second-order valence-electron chi connectivity index (χ2n) is 7.42. The minimum Gasteiger partial charge on any atom is -0.357 e. The zero-order chi connectivity index (χ0) is 19.9. The predicted octanol–water partition coefficient (Wildman–Crippen LogP) is 3.07. The van der Waals surface area contributed by atoms with Gasteiger partial charge in [-0.05, 0) is 37.5 Å². The number of aromatic nitrogens is 3. The van der Waals surface area contributed by atoms with Crippen molar-refractivity contribution in [3.63, 3.8) is 0 Å². The molecule has 1 aliphatic rings.